The Morgan fingerprint density at radius 1 is 1.09 bits per heavy atom. The average Bonchev–Trinajstić information content (AvgIpc) is 2.53. The zero-order valence-electron chi connectivity index (χ0n) is 14.0. The van der Waals surface area contributed by atoms with Gasteiger partial charge < -0.3 is 20.1 Å². The molecule has 0 amide bonds. The number of hydrogen-bond donors (Lipinski definition) is 2. The molecule has 0 aliphatic carbocycles. The van der Waals surface area contributed by atoms with E-state index in [4.69, 9.17) is 9.47 Å². The molecule has 0 aliphatic rings. The highest BCUT2D eigenvalue weighted by Crippen LogP contribution is 2.11. The monoisotopic (exact) mass is 307 g/mol. The Balaban J connectivity index is 2.20. The van der Waals surface area contributed by atoms with Crippen LogP contribution in [0, 0.1) is 6.92 Å². The van der Waals surface area contributed by atoms with Crippen LogP contribution in [0.25, 0.3) is 0 Å². The molecule has 124 valence electrons. The first-order chi connectivity index (χ1) is 10.8. The maximum Gasteiger partial charge on any atom is 0.191 e. The fourth-order valence-electron chi connectivity index (χ4n) is 1.84. The van der Waals surface area contributed by atoms with Crippen LogP contribution in [-0.4, -0.2) is 45.9 Å². The minimum atomic E-state index is 0.676. The summed E-state index contributed by atoms with van der Waals surface area (Å²) in [5.41, 5.74) is 1.24. The van der Waals surface area contributed by atoms with Crippen molar-refractivity contribution in [3.8, 4) is 5.75 Å². The molecular weight excluding hydrogens is 278 g/mol. The highest BCUT2D eigenvalue weighted by molar-refractivity contribution is 5.79. The summed E-state index contributed by atoms with van der Waals surface area (Å²) in [6.07, 6.45) is 1.86. The van der Waals surface area contributed by atoms with Crippen LogP contribution >= 0.6 is 0 Å². The SMILES string of the molecule is CCNC(=NCCCOc1ccc(C)cc1)NCCCOC. The zero-order valence-corrected chi connectivity index (χ0v) is 14.0. The summed E-state index contributed by atoms with van der Waals surface area (Å²) in [5.74, 6) is 1.77. The zero-order chi connectivity index (χ0) is 16.0. The van der Waals surface area contributed by atoms with E-state index in [-0.39, 0.29) is 0 Å². The van der Waals surface area contributed by atoms with Crippen LogP contribution < -0.4 is 15.4 Å². The number of methoxy groups -OCH3 is 1. The Bertz CT molecular complexity index is 418. The van der Waals surface area contributed by atoms with Crippen molar-refractivity contribution in [3.63, 3.8) is 0 Å². The quantitative estimate of drug-likeness (QED) is 0.396. The van der Waals surface area contributed by atoms with Gasteiger partial charge in [0.15, 0.2) is 5.96 Å². The minimum absolute atomic E-state index is 0.676. The van der Waals surface area contributed by atoms with Crippen LogP contribution in [0.1, 0.15) is 25.3 Å². The van der Waals surface area contributed by atoms with Gasteiger partial charge in [-0.15, -0.1) is 0 Å². The molecule has 0 atom stereocenters. The summed E-state index contributed by atoms with van der Waals surface area (Å²) in [4.78, 5) is 4.53. The number of guanidine groups is 1. The van der Waals surface area contributed by atoms with Crippen LogP contribution in [0.15, 0.2) is 29.3 Å². The molecule has 0 bridgehead atoms. The number of hydrogen-bond acceptors (Lipinski definition) is 3. The lowest BCUT2D eigenvalue weighted by Crippen LogP contribution is -2.38. The number of ether oxygens (including phenoxy) is 2. The van der Waals surface area contributed by atoms with Gasteiger partial charge in [0, 0.05) is 39.8 Å². The third-order valence-electron chi connectivity index (χ3n) is 3.02. The second kappa shape index (κ2) is 11.9. The summed E-state index contributed by atoms with van der Waals surface area (Å²) < 4.78 is 10.7. The second-order valence-corrected chi connectivity index (χ2v) is 5.05. The van der Waals surface area contributed by atoms with Crippen molar-refractivity contribution in [1.29, 1.82) is 0 Å². The molecule has 5 nitrogen and oxygen atoms in total. The molecule has 1 rings (SSSR count). The van der Waals surface area contributed by atoms with Gasteiger partial charge in [0.1, 0.15) is 5.75 Å². The standard InChI is InChI=1S/C17H29N3O2/c1-4-18-17(19-11-5-13-21-3)20-12-6-14-22-16-9-7-15(2)8-10-16/h7-10H,4-6,11-14H2,1-3H3,(H2,18,19,20). The molecule has 0 fully saturated rings. The first kappa shape index (κ1) is 18.3. The van der Waals surface area contributed by atoms with E-state index in [2.05, 4.69) is 41.6 Å². The topological polar surface area (TPSA) is 54.9 Å². The number of rotatable bonds is 10. The van der Waals surface area contributed by atoms with Gasteiger partial charge >= 0.3 is 0 Å². The highest BCUT2D eigenvalue weighted by Gasteiger charge is 1.97. The summed E-state index contributed by atoms with van der Waals surface area (Å²) in [5, 5.41) is 6.52. The normalized spacial score (nSPS) is 11.3. The van der Waals surface area contributed by atoms with Crippen molar-refractivity contribution in [3.05, 3.63) is 29.8 Å². The van der Waals surface area contributed by atoms with Crippen LogP contribution in [0.3, 0.4) is 0 Å². The molecule has 1 aromatic rings. The maximum atomic E-state index is 5.69. The summed E-state index contributed by atoms with van der Waals surface area (Å²) in [7, 11) is 1.72. The van der Waals surface area contributed by atoms with Gasteiger partial charge in [-0.05, 0) is 32.4 Å². The first-order valence-electron chi connectivity index (χ1n) is 7.97. The van der Waals surface area contributed by atoms with Crippen molar-refractivity contribution >= 4 is 5.96 Å². The predicted octanol–water partition coefficient (Wildman–Crippen LogP) is 2.36. The van der Waals surface area contributed by atoms with Gasteiger partial charge in [-0.3, -0.25) is 4.99 Å². The Hall–Kier alpha value is -1.75. The van der Waals surface area contributed by atoms with E-state index < -0.39 is 0 Å². The molecule has 5 heteroatoms. The second-order valence-electron chi connectivity index (χ2n) is 5.05. The van der Waals surface area contributed by atoms with Crippen molar-refractivity contribution in [1.82, 2.24) is 10.6 Å². The number of nitrogens with zero attached hydrogens (tertiary/aromatic N) is 1. The lowest BCUT2D eigenvalue weighted by molar-refractivity contribution is 0.195. The first-order valence-corrected chi connectivity index (χ1v) is 7.97. The average molecular weight is 307 g/mol. The van der Waals surface area contributed by atoms with Crippen LogP contribution in [0.2, 0.25) is 0 Å². The molecule has 0 aromatic heterocycles. The molecule has 0 saturated heterocycles. The van der Waals surface area contributed by atoms with Gasteiger partial charge in [0.25, 0.3) is 0 Å². The van der Waals surface area contributed by atoms with Crippen LogP contribution in [-0.2, 0) is 4.74 Å². The molecular formula is C17H29N3O2. The Labute approximate surface area is 134 Å². The molecule has 0 unspecified atom stereocenters. The van der Waals surface area contributed by atoms with E-state index in [1.165, 1.54) is 5.56 Å². The van der Waals surface area contributed by atoms with E-state index in [0.29, 0.717) is 6.61 Å². The Kier molecular flexibility index (Phi) is 9.87. The van der Waals surface area contributed by atoms with Crippen molar-refractivity contribution in [2.24, 2.45) is 4.99 Å². The smallest absolute Gasteiger partial charge is 0.191 e. The molecule has 2 N–H and O–H groups in total. The molecule has 1 aromatic carbocycles. The van der Waals surface area contributed by atoms with Gasteiger partial charge in [0.2, 0.25) is 0 Å². The third kappa shape index (κ3) is 8.52. The lowest BCUT2D eigenvalue weighted by Gasteiger charge is -2.11. The Morgan fingerprint density at radius 2 is 1.86 bits per heavy atom. The predicted molar refractivity (Wildman–Crippen MR) is 91.8 cm³/mol. The maximum absolute atomic E-state index is 5.69. The van der Waals surface area contributed by atoms with Crippen LogP contribution in [0.5, 0.6) is 5.75 Å². The fraction of sp³-hybridized carbons (Fsp3) is 0.588. The number of nitrogens with one attached hydrogen (secondary N) is 2. The third-order valence-corrected chi connectivity index (χ3v) is 3.02. The number of benzene rings is 1. The molecule has 0 aliphatic heterocycles. The lowest BCUT2D eigenvalue weighted by atomic mass is 10.2. The van der Waals surface area contributed by atoms with Gasteiger partial charge in [0.05, 0.1) is 6.61 Å². The largest absolute Gasteiger partial charge is 0.494 e. The van der Waals surface area contributed by atoms with Gasteiger partial charge in [-0.25, -0.2) is 0 Å². The molecule has 0 radical (unpaired) electrons. The Morgan fingerprint density at radius 3 is 2.55 bits per heavy atom. The van der Waals surface area contributed by atoms with E-state index in [9.17, 15) is 0 Å². The van der Waals surface area contributed by atoms with Crippen molar-refractivity contribution in [2.75, 3.05) is 40.0 Å². The van der Waals surface area contributed by atoms with E-state index in [1.807, 2.05) is 12.1 Å². The number of aliphatic imine (C=N–C) groups is 1. The molecule has 0 saturated carbocycles. The molecule has 0 spiro atoms. The van der Waals surface area contributed by atoms with Crippen molar-refractivity contribution in [2.45, 2.75) is 26.7 Å². The summed E-state index contributed by atoms with van der Waals surface area (Å²) >= 11 is 0. The van der Waals surface area contributed by atoms with E-state index >= 15 is 0 Å². The van der Waals surface area contributed by atoms with E-state index in [1.54, 1.807) is 7.11 Å². The molecule has 22 heavy (non-hydrogen) atoms. The fourth-order valence-corrected chi connectivity index (χ4v) is 1.84. The molecule has 0 heterocycles. The van der Waals surface area contributed by atoms with Gasteiger partial charge in [-0.2, -0.15) is 0 Å². The number of aryl methyl sites for hydroxylation is 1. The minimum Gasteiger partial charge on any atom is -0.494 e. The summed E-state index contributed by atoms with van der Waals surface area (Å²) in [6, 6.07) is 8.11. The van der Waals surface area contributed by atoms with Gasteiger partial charge in [-0.1, -0.05) is 17.7 Å². The van der Waals surface area contributed by atoms with Crippen LogP contribution in [0.4, 0.5) is 0 Å². The summed E-state index contributed by atoms with van der Waals surface area (Å²) in [6.45, 7) is 8.03. The van der Waals surface area contributed by atoms with E-state index in [0.717, 1.165) is 50.8 Å². The van der Waals surface area contributed by atoms with Crippen molar-refractivity contribution < 1.29 is 9.47 Å². The highest BCUT2D eigenvalue weighted by atomic mass is 16.5.